The molecule has 61 valence electrons. The number of carbonyl (C=O) groups is 1. The van der Waals surface area contributed by atoms with Crippen molar-refractivity contribution in [3.8, 4) is 0 Å². The van der Waals surface area contributed by atoms with Gasteiger partial charge in [-0.1, -0.05) is 0 Å². The number of ketones is 1. The van der Waals surface area contributed by atoms with Crippen LogP contribution < -0.4 is 0 Å². The molecular formula is C8H14NOY-. The summed E-state index contributed by atoms with van der Waals surface area (Å²) in [7, 11) is 3.81. The summed E-state index contributed by atoms with van der Waals surface area (Å²) < 4.78 is 0. The van der Waals surface area contributed by atoms with E-state index in [4.69, 9.17) is 0 Å². The number of Topliss-reactive ketones (excluding diaryl/α,β-unsaturated/α-hetero) is 1. The number of piperidine rings is 1. The molecule has 0 aromatic heterocycles. The monoisotopic (exact) mass is 229 g/mol. The van der Waals surface area contributed by atoms with Crippen molar-refractivity contribution in [2.24, 2.45) is 5.92 Å². The first kappa shape index (κ1) is 11.7. The van der Waals surface area contributed by atoms with Crippen molar-refractivity contribution in [1.82, 2.24) is 4.90 Å². The second kappa shape index (κ2) is 5.39. The van der Waals surface area contributed by atoms with E-state index < -0.39 is 0 Å². The van der Waals surface area contributed by atoms with Gasteiger partial charge in [-0.15, -0.1) is 0 Å². The minimum Gasteiger partial charge on any atom is -0.459 e. The zero-order valence-corrected chi connectivity index (χ0v) is 9.88. The fraction of sp³-hybridized carbons (Fsp3) is 0.750. The van der Waals surface area contributed by atoms with Crippen LogP contribution in [0.5, 0.6) is 0 Å². The van der Waals surface area contributed by atoms with Gasteiger partial charge in [-0.3, -0.25) is 11.8 Å². The van der Waals surface area contributed by atoms with Gasteiger partial charge >= 0.3 is 0 Å². The van der Waals surface area contributed by atoms with E-state index in [9.17, 15) is 4.79 Å². The molecule has 0 saturated carbocycles. The SMILES string of the molecule is [CH2-]N1CCCC(C(C)=O)C1.[Y]. The molecule has 1 atom stereocenters. The molecule has 1 aliphatic rings. The van der Waals surface area contributed by atoms with Crippen LogP contribution in [0.4, 0.5) is 0 Å². The van der Waals surface area contributed by atoms with E-state index in [1.165, 1.54) is 0 Å². The molecule has 1 unspecified atom stereocenters. The minimum absolute atomic E-state index is 0. The summed E-state index contributed by atoms with van der Waals surface area (Å²) in [6.45, 7) is 3.57. The molecule has 0 amide bonds. The number of hydrogen-bond donors (Lipinski definition) is 0. The molecule has 1 aliphatic heterocycles. The van der Waals surface area contributed by atoms with Crippen molar-refractivity contribution in [3.05, 3.63) is 7.05 Å². The van der Waals surface area contributed by atoms with Gasteiger partial charge in [0.25, 0.3) is 0 Å². The Morgan fingerprint density at radius 3 is 2.64 bits per heavy atom. The van der Waals surface area contributed by atoms with Crippen LogP contribution in [0, 0.1) is 13.0 Å². The first-order valence-corrected chi connectivity index (χ1v) is 3.76. The largest absolute Gasteiger partial charge is 0.459 e. The first-order chi connectivity index (χ1) is 4.70. The number of hydrogen-bond acceptors (Lipinski definition) is 2. The third-order valence-corrected chi connectivity index (χ3v) is 2.08. The molecule has 0 aliphatic carbocycles. The Bertz CT molecular complexity index is 138. The summed E-state index contributed by atoms with van der Waals surface area (Å²) in [4.78, 5) is 12.9. The molecule has 1 heterocycles. The number of likely N-dealkylation sites (tertiary alicyclic amines) is 1. The van der Waals surface area contributed by atoms with Gasteiger partial charge in [0.2, 0.25) is 0 Å². The molecule has 11 heavy (non-hydrogen) atoms. The van der Waals surface area contributed by atoms with E-state index in [0.29, 0.717) is 5.78 Å². The van der Waals surface area contributed by atoms with Crippen LogP contribution in [-0.4, -0.2) is 23.8 Å². The average molecular weight is 229 g/mol. The molecule has 1 radical (unpaired) electrons. The molecule has 3 heteroatoms. The fourth-order valence-corrected chi connectivity index (χ4v) is 1.39. The molecular weight excluding hydrogens is 215 g/mol. The third kappa shape index (κ3) is 3.77. The molecule has 0 aromatic rings. The first-order valence-electron chi connectivity index (χ1n) is 3.76. The molecule has 1 saturated heterocycles. The Balaban J connectivity index is 0.000001000. The topological polar surface area (TPSA) is 20.3 Å². The maximum Gasteiger partial charge on any atom is 0.134 e. The van der Waals surface area contributed by atoms with Crippen molar-refractivity contribution in [3.63, 3.8) is 0 Å². The van der Waals surface area contributed by atoms with E-state index in [1.807, 2.05) is 4.90 Å². The Labute approximate surface area is 93.6 Å². The van der Waals surface area contributed by atoms with Gasteiger partial charge in [0.15, 0.2) is 0 Å². The predicted octanol–water partition coefficient (Wildman–Crippen LogP) is 1.08. The summed E-state index contributed by atoms with van der Waals surface area (Å²) in [5, 5.41) is 0. The van der Waals surface area contributed by atoms with Crippen LogP contribution in [0.15, 0.2) is 0 Å². The normalized spacial score (nSPS) is 25.8. The summed E-state index contributed by atoms with van der Waals surface area (Å²) in [6.07, 6.45) is 2.18. The summed E-state index contributed by atoms with van der Waals surface area (Å²) >= 11 is 0. The van der Waals surface area contributed by atoms with Crippen LogP contribution in [0.1, 0.15) is 19.8 Å². The Morgan fingerprint density at radius 1 is 1.64 bits per heavy atom. The minimum atomic E-state index is 0. The standard InChI is InChI=1S/C8H14NO.Y/c1-7(10)8-4-3-5-9(2)6-8;/h8H,2-6H2,1H3;/q-1;. The Morgan fingerprint density at radius 2 is 2.27 bits per heavy atom. The summed E-state index contributed by atoms with van der Waals surface area (Å²) in [5.41, 5.74) is 0. The quantitative estimate of drug-likeness (QED) is 0.627. The van der Waals surface area contributed by atoms with E-state index >= 15 is 0 Å². The van der Waals surface area contributed by atoms with E-state index in [0.717, 1.165) is 25.9 Å². The van der Waals surface area contributed by atoms with Crippen LogP contribution >= 0.6 is 0 Å². The van der Waals surface area contributed by atoms with Crippen LogP contribution in [0.3, 0.4) is 0 Å². The van der Waals surface area contributed by atoms with Gasteiger partial charge in [-0.05, 0) is 32.9 Å². The second-order valence-corrected chi connectivity index (χ2v) is 3.03. The van der Waals surface area contributed by atoms with Crippen LogP contribution in [0.2, 0.25) is 0 Å². The molecule has 0 spiro atoms. The van der Waals surface area contributed by atoms with Gasteiger partial charge in [0.1, 0.15) is 5.78 Å². The van der Waals surface area contributed by atoms with Gasteiger partial charge in [-0.25, -0.2) is 0 Å². The predicted molar refractivity (Wildman–Crippen MR) is 40.3 cm³/mol. The van der Waals surface area contributed by atoms with Crippen molar-refractivity contribution in [2.75, 3.05) is 13.1 Å². The summed E-state index contributed by atoms with van der Waals surface area (Å²) in [6, 6.07) is 0. The van der Waals surface area contributed by atoms with Crippen molar-refractivity contribution in [1.29, 1.82) is 0 Å². The van der Waals surface area contributed by atoms with Crippen molar-refractivity contribution >= 4 is 5.78 Å². The van der Waals surface area contributed by atoms with Gasteiger partial charge < -0.3 is 4.90 Å². The number of nitrogens with zero attached hydrogens (tertiary/aromatic N) is 1. The Kier molecular flexibility index (Phi) is 5.75. The van der Waals surface area contributed by atoms with Crippen molar-refractivity contribution in [2.45, 2.75) is 19.8 Å². The molecule has 0 aromatic carbocycles. The molecule has 2 nitrogen and oxygen atoms in total. The third-order valence-electron chi connectivity index (χ3n) is 2.08. The maximum absolute atomic E-state index is 10.9. The molecule has 1 rings (SSSR count). The smallest absolute Gasteiger partial charge is 0.134 e. The summed E-state index contributed by atoms with van der Waals surface area (Å²) in [5.74, 6) is 0.569. The van der Waals surface area contributed by atoms with E-state index in [2.05, 4.69) is 7.05 Å². The zero-order valence-electron chi connectivity index (χ0n) is 7.05. The van der Waals surface area contributed by atoms with Crippen LogP contribution in [-0.2, 0) is 37.5 Å². The van der Waals surface area contributed by atoms with Crippen LogP contribution in [0.25, 0.3) is 0 Å². The van der Waals surface area contributed by atoms with Gasteiger partial charge in [-0.2, -0.15) is 0 Å². The van der Waals surface area contributed by atoms with Gasteiger partial charge in [0, 0.05) is 38.6 Å². The Hall–Kier alpha value is 0.734. The average Bonchev–Trinajstić information content (AvgIpc) is 1.88. The molecule has 0 N–H and O–H groups in total. The second-order valence-electron chi connectivity index (χ2n) is 3.03. The molecule has 0 bridgehead atoms. The fourth-order valence-electron chi connectivity index (χ4n) is 1.39. The maximum atomic E-state index is 10.9. The zero-order chi connectivity index (χ0) is 7.56. The van der Waals surface area contributed by atoms with Crippen molar-refractivity contribution < 1.29 is 37.5 Å². The number of carbonyl (C=O) groups excluding carboxylic acids is 1. The number of rotatable bonds is 1. The van der Waals surface area contributed by atoms with Gasteiger partial charge in [0.05, 0.1) is 0 Å². The molecule has 1 fully saturated rings. The van der Waals surface area contributed by atoms with E-state index in [-0.39, 0.29) is 38.6 Å². The van der Waals surface area contributed by atoms with E-state index in [1.54, 1.807) is 6.92 Å².